The second kappa shape index (κ2) is 7.02. The first kappa shape index (κ1) is 15.2. The second-order valence-electron chi connectivity index (χ2n) is 4.97. The van der Waals surface area contributed by atoms with Crippen molar-refractivity contribution in [1.29, 1.82) is 0 Å². The standard InChI is InChI=1S/C16H21FN4/c1-4-6-18-15-14(5-2)16(20-10-19-15)21-13-8-11(3)7-12(17)9-13/h7-10H,4-6H2,1-3H3,(H2,18,19,20,21). The molecule has 0 aliphatic carbocycles. The van der Waals surface area contributed by atoms with E-state index in [1.165, 1.54) is 18.5 Å². The lowest BCUT2D eigenvalue weighted by Crippen LogP contribution is -2.08. The van der Waals surface area contributed by atoms with Crippen molar-refractivity contribution >= 4 is 17.3 Å². The molecule has 21 heavy (non-hydrogen) atoms. The summed E-state index contributed by atoms with van der Waals surface area (Å²) in [7, 11) is 0. The van der Waals surface area contributed by atoms with Crippen molar-refractivity contribution in [3.05, 3.63) is 41.5 Å². The van der Waals surface area contributed by atoms with E-state index in [0.29, 0.717) is 5.69 Å². The highest BCUT2D eigenvalue weighted by molar-refractivity contribution is 5.65. The number of aromatic nitrogens is 2. The SMILES string of the molecule is CCCNc1ncnc(Nc2cc(C)cc(F)c2)c1CC. The summed E-state index contributed by atoms with van der Waals surface area (Å²) in [6.07, 6.45) is 3.34. The van der Waals surface area contributed by atoms with E-state index >= 15 is 0 Å². The number of halogens is 1. The molecule has 5 heteroatoms. The number of aryl methyl sites for hydroxylation is 1. The number of hydrogen-bond donors (Lipinski definition) is 2. The molecule has 2 aromatic rings. The quantitative estimate of drug-likeness (QED) is 0.842. The van der Waals surface area contributed by atoms with Gasteiger partial charge >= 0.3 is 0 Å². The number of nitrogens with one attached hydrogen (secondary N) is 2. The van der Waals surface area contributed by atoms with Crippen LogP contribution in [0.5, 0.6) is 0 Å². The van der Waals surface area contributed by atoms with Crippen molar-refractivity contribution in [2.45, 2.75) is 33.6 Å². The first-order valence-electron chi connectivity index (χ1n) is 7.26. The molecule has 0 saturated carbocycles. The lowest BCUT2D eigenvalue weighted by atomic mass is 10.2. The number of nitrogens with zero attached hydrogens (tertiary/aromatic N) is 2. The smallest absolute Gasteiger partial charge is 0.139 e. The molecule has 112 valence electrons. The van der Waals surface area contributed by atoms with Crippen LogP contribution in [0.1, 0.15) is 31.4 Å². The van der Waals surface area contributed by atoms with Gasteiger partial charge in [-0.3, -0.25) is 0 Å². The Morgan fingerprint density at radius 2 is 1.86 bits per heavy atom. The maximum atomic E-state index is 13.5. The topological polar surface area (TPSA) is 49.8 Å². The summed E-state index contributed by atoms with van der Waals surface area (Å²) in [4.78, 5) is 8.58. The second-order valence-corrected chi connectivity index (χ2v) is 4.97. The van der Waals surface area contributed by atoms with Crippen LogP contribution in [0.3, 0.4) is 0 Å². The minimum absolute atomic E-state index is 0.256. The Morgan fingerprint density at radius 1 is 1.10 bits per heavy atom. The van der Waals surface area contributed by atoms with Crippen molar-refractivity contribution in [2.24, 2.45) is 0 Å². The molecule has 0 saturated heterocycles. The van der Waals surface area contributed by atoms with Gasteiger partial charge in [0.25, 0.3) is 0 Å². The van der Waals surface area contributed by atoms with Gasteiger partial charge in [-0.15, -0.1) is 0 Å². The molecular weight excluding hydrogens is 267 g/mol. The number of rotatable bonds is 6. The maximum Gasteiger partial charge on any atom is 0.139 e. The lowest BCUT2D eigenvalue weighted by Gasteiger charge is -2.14. The van der Waals surface area contributed by atoms with Gasteiger partial charge in [0.05, 0.1) is 0 Å². The molecule has 1 aromatic carbocycles. The van der Waals surface area contributed by atoms with Crippen molar-refractivity contribution in [3.8, 4) is 0 Å². The highest BCUT2D eigenvalue weighted by atomic mass is 19.1. The Bertz CT molecular complexity index is 593. The number of hydrogen-bond acceptors (Lipinski definition) is 4. The van der Waals surface area contributed by atoms with Crippen LogP contribution in [-0.2, 0) is 6.42 Å². The summed E-state index contributed by atoms with van der Waals surface area (Å²) in [5, 5.41) is 6.49. The van der Waals surface area contributed by atoms with Crippen molar-refractivity contribution in [1.82, 2.24) is 9.97 Å². The fourth-order valence-electron chi connectivity index (χ4n) is 2.20. The third-order valence-electron chi connectivity index (χ3n) is 3.15. The van der Waals surface area contributed by atoms with Gasteiger partial charge in [-0.05, 0) is 43.5 Å². The highest BCUT2D eigenvalue weighted by Gasteiger charge is 2.10. The Balaban J connectivity index is 2.30. The molecule has 0 unspecified atom stereocenters. The van der Waals surface area contributed by atoms with Crippen LogP contribution in [0.2, 0.25) is 0 Å². The normalized spacial score (nSPS) is 10.5. The Hall–Kier alpha value is -2.17. The fourth-order valence-corrected chi connectivity index (χ4v) is 2.20. The fraction of sp³-hybridized carbons (Fsp3) is 0.375. The zero-order valence-electron chi connectivity index (χ0n) is 12.7. The van der Waals surface area contributed by atoms with Gasteiger partial charge in [0, 0.05) is 17.8 Å². The molecule has 2 rings (SSSR count). The van der Waals surface area contributed by atoms with Crippen molar-refractivity contribution in [3.63, 3.8) is 0 Å². The molecule has 0 aliphatic heterocycles. The molecule has 1 heterocycles. The number of benzene rings is 1. The predicted octanol–water partition coefficient (Wildman–Crippen LogP) is 4.05. The third-order valence-corrected chi connectivity index (χ3v) is 3.15. The summed E-state index contributed by atoms with van der Waals surface area (Å²) in [6.45, 7) is 6.89. The molecule has 0 bridgehead atoms. The Morgan fingerprint density at radius 3 is 2.52 bits per heavy atom. The van der Waals surface area contributed by atoms with Gasteiger partial charge in [0.15, 0.2) is 0 Å². The molecule has 0 spiro atoms. The summed E-state index contributed by atoms with van der Waals surface area (Å²) in [5.41, 5.74) is 2.57. The minimum Gasteiger partial charge on any atom is -0.370 e. The molecule has 4 nitrogen and oxygen atoms in total. The van der Waals surface area contributed by atoms with Crippen LogP contribution in [0.25, 0.3) is 0 Å². The summed E-state index contributed by atoms with van der Waals surface area (Å²) < 4.78 is 13.5. The van der Waals surface area contributed by atoms with Crippen LogP contribution in [0, 0.1) is 12.7 Å². The maximum absolute atomic E-state index is 13.5. The molecule has 0 atom stereocenters. The van der Waals surface area contributed by atoms with E-state index < -0.39 is 0 Å². The highest BCUT2D eigenvalue weighted by Crippen LogP contribution is 2.25. The van der Waals surface area contributed by atoms with Gasteiger partial charge in [-0.1, -0.05) is 13.8 Å². The molecule has 1 aromatic heterocycles. The monoisotopic (exact) mass is 288 g/mol. The van der Waals surface area contributed by atoms with Crippen LogP contribution < -0.4 is 10.6 Å². The summed E-state index contributed by atoms with van der Waals surface area (Å²) in [6, 6.07) is 4.86. The summed E-state index contributed by atoms with van der Waals surface area (Å²) in [5.74, 6) is 1.30. The molecule has 0 aliphatic rings. The van der Waals surface area contributed by atoms with Gasteiger partial charge in [0.1, 0.15) is 23.8 Å². The molecular formula is C16H21FN4. The van der Waals surface area contributed by atoms with Crippen LogP contribution in [-0.4, -0.2) is 16.5 Å². The molecule has 2 N–H and O–H groups in total. The van der Waals surface area contributed by atoms with E-state index in [2.05, 4.69) is 34.4 Å². The van der Waals surface area contributed by atoms with Gasteiger partial charge in [-0.25, -0.2) is 14.4 Å². The van der Waals surface area contributed by atoms with E-state index in [9.17, 15) is 4.39 Å². The number of anilines is 3. The van der Waals surface area contributed by atoms with E-state index in [1.54, 1.807) is 0 Å². The van der Waals surface area contributed by atoms with Crippen molar-refractivity contribution in [2.75, 3.05) is 17.2 Å². The van der Waals surface area contributed by atoms with Gasteiger partial charge in [0.2, 0.25) is 0 Å². The molecule has 0 fully saturated rings. The first-order chi connectivity index (χ1) is 10.1. The van der Waals surface area contributed by atoms with Gasteiger partial charge < -0.3 is 10.6 Å². The zero-order chi connectivity index (χ0) is 15.2. The van der Waals surface area contributed by atoms with E-state index in [4.69, 9.17) is 0 Å². The van der Waals surface area contributed by atoms with E-state index in [-0.39, 0.29) is 5.82 Å². The third kappa shape index (κ3) is 3.90. The average Bonchev–Trinajstić information content (AvgIpc) is 2.44. The zero-order valence-corrected chi connectivity index (χ0v) is 12.7. The first-order valence-corrected chi connectivity index (χ1v) is 7.26. The van der Waals surface area contributed by atoms with Crippen LogP contribution >= 0.6 is 0 Å². The van der Waals surface area contributed by atoms with E-state index in [1.807, 2.05) is 13.0 Å². The molecule has 0 radical (unpaired) electrons. The van der Waals surface area contributed by atoms with Crippen LogP contribution in [0.4, 0.5) is 21.7 Å². The van der Waals surface area contributed by atoms with Crippen molar-refractivity contribution < 1.29 is 4.39 Å². The van der Waals surface area contributed by atoms with Gasteiger partial charge in [-0.2, -0.15) is 0 Å². The van der Waals surface area contributed by atoms with E-state index in [0.717, 1.165) is 42.1 Å². The molecule has 0 amide bonds. The largest absolute Gasteiger partial charge is 0.370 e. The summed E-state index contributed by atoms with van der Waals surface area (Å²) >= 11 is 0. The lowest BCUT2D eigenvalue weighted by molar-refractivity contribution is 0.627. The Kier molecular flexibility index (Phi) is 5.09. The van der Waals surface area contributed by atoms with Crippen LogP contribution in [0.15, 0.2) is 24.5 Å². The Labute approximate surface area is 124 Å². The predicted molar refractivity (Wildman–Crippen MR) is 84.6 cm³/mol. The average molecular weight is 288 g/mol. The minimum atomic E-state index is -0.256.